The van der Waals surface area contributed by atoms with Crippen LogP contribution in [-0.4, -0.2) is 175 Å². The lowest BCUT2D eigenvalue weighted by molar-refractivity contribution is -0.140. The average molecular weight is 1570 g/mol. The first-order valence-electron chi connectivity index (χ1n) is 40.5. The molecule has 0 bridgehead atoms. The molecule has 3 aromatic carbocycles. The van der Waals surface area contributed by atoms with Crippen molar-refractivity contribution >= 4 is 92.7 Å². The smallest absolute Gasteiger partial charge is 0.303 e. The summed E-state index contributed by atoms with van der Waals surface area (Å²) in [6, 6.07) is 16.3. The van der Waals surface area contributed by atoms with Crippen LogP contribution in [0.3, 0.4) is 0 Å². The second-order valence-electron chi connectivity index (χ2n) is 32.3. The largest absolute Gasteiger partial charge is 0.508 e. The van der Waals surface area contributed by atoms with E-state index in [1.807, 2.05) is 71.7 Å². The molecule has 6 amide bonds. The van der Waals surface area contributed by atoms with Gasteiger partial charge in [-0.1, -0.05) is 147 Å². The first-order chi connectivity index (χ1) is 53.4. The number of hydrogen-bond donors (Lipinski definition) is 11. The number of ketones is 7. The van der Waals surface area contributed by atoms with Gasteiger partial charge < -0.3 is 67.4 Å². The Morgan fingerprint density at radius 1 is 0.655 bits per heavy atom. The normalized spacial score (nSPS) is 23.0. The highest BCUT2D eigenvalue weighted by atomic mass is 16.4. The Bertz CT molecular complexity index is 3820. The van der Waals surface area contributed by atoms with Gasteiger partial charge >= 0.3 is 5.97 Å². The van der Waals surface area contributed by atoms with E-state index in [2.05, 4.69) is 31.6 Å². The molecule has 12 N–H and O–H groups in total. The van der Waals surface area contributed by atoms with Gasteiger partial charge in [-0.15, -0.1) is 0 Å². The standard InChI is InChI=1S/C85H122N8O18.C2H6/c1-52(2)38-61-43-72(99)55(6)88-79(107)63(42-68-66-29-20-19-27-60(66)49-87-68)45-73(100)70(41-58-30-33-64(97)34-31-58)90-78(106)59(32-35-77(104)105)46-76(103)85(9,36-21-14-12-11-13-15-22-37-93(10)51-84(8,83(86)111)48-75(102)69(39-53(3)4)89-80(61)108)92-81(109)62(40-57-25-17-16-18-26-57)44-74(101)71(50-94)91-82(110)67(56(7)96)47-65(98)28-23-24-54(5)95;1-2/h16-20,25-27,29-31,33-34,49,52-53,55-56,59,61-63,67,69-71,87,94,96-97H,11-15,21-24,28,32,35-48,50-51H2,1-10H3,(H2,86,111)(H,88,107)(H,89,108)(H,90,106)(H,91,110)(H,92,109)(H,104,105);1-2H3/t55-,56?,59+,61+,62+,63+,67-,69-,70-,71-,84-,85+;/m0./s1. The molecule has 624 valence electrons. The van der Waals surface area contributed by atoms with Crippen LogP contribution in [-0.2, 0) is 86.4 Å². The Kier molecular flexibility index (Phi) is 41.0. The molecule has 1 unspecified atom stereocenters. The van der Waals surface area contributed by atoms with Crippen LogP contribution < -0.4 is 32.3 Å². The lowest BCUT2D eigenvalue weighted by Gasteiger charge is -2.33. The van der Waals surface area contributed by atoms with Gasteiger partial charge in [0.15, 0.2) is 28.9 Å². The summed E-state index contributed by atoms with van der Waals surface area (Å²) in [7, 11) is 1.83. The third kappa shape index (κ3) is 33.1. The molecule has 4 aromatic rings. The van der Waals surface area contributed by atoms with Crippen molar-refractivity contribution in [1.82, 2.24) is 36.5 Å². The van der Waals surface area contributed by atoms with Gasteiger partial charge in [0.25, 0.3) is 0 Å². The van der Waals surface area contributed by atoms with Crippen molar-refractivity contribution in [2.24, 2.45) is 52.6 Å². The summed E-state index contributed by atoms with van der Waals surface area (Å²) >= 11 is 0. The van der Waals surface area contributed by atoms with Gasteiger partial charge in [-0.05, 0) is 140 Å². The summed E-state index contributed by atoms with van der Waals surface area (Å²) in [6.45, 7) is 18.5. The first kappa shape index (κ1) is 96.2. The quantitative estimate of drug-likeness (QED) is 0.0241. The number of nitrogens with zero attached hydrogens (tertiary/aromatic N) is 1. The Morgan fingerprint density at radius 3 is 1.86 bits per heavy atom. The minimum Gasteiger partial charge on any atom is -0.508 e. The summed E-state index contributed by atoms with van der Waals surface area (Å²) < 4.78 is 0. The molecule has 0 aliphatic carbocycles. The van der Waals surface area contributed by atoms with E-state index >= 15 is 24.0 Å². The zero-order valence-corrected chi connectivity index (χ0v) is 68.6. The van der Waals surface area contributed by atoms with Gasteiger partial charge in [0.2, 0.25) is 35.4 Å². The number of Topliss-reactive ketones (excluding diaryl/α,β-unsaturated/α-hetero) is 7. The number of amides is 6. The zero-order chi connectivity index (χ0) is 84.3. The monoisotopic (exact) mass is 1570 g/mol. The number of rotatable bonds is 29. The van der Waals surface area contributed by atoms with E-state index in [0.29, 0.717) is 49.0 Å². The minimum absolute atomic E-state index is 0.0266. The molecular weight excluding hydrogens is 1440 g/mol. The van der Waals surface area contributed by atoms with E-state index in [9.17, 15) is 63.6 Å². The number of aromatic amines is 1. The topological polar surface area (TPSA) is 425 Å². The fraction of sp³-hybridized carbons (Fsp3) is 0.609. The number of carbonyl (C=O) groups is 14. The number of carbonyl (C=O) groups excluding carboxylic acids is 13. The molecular formula is C87H128N8O18. The van der Waals surface area contributed by atoms with Gasteiger partial charge in [0.1, 0.15) is 23.4 Å². The number of aliphatic hydroxyl groups excluding tert-OH is 2. The number of aromatic nitrogens is 1. The van der Waals surface area contributed by atoms with Gasteiger partial charge in [-0.3, -0.25) is 62.3 Å². The van der Waals surface area contributed by atoms with Crippen LogP contribution >= 0.6 is 0 Å². The fourth-order valence-corrected chi connectivity index (χ4v) is 14.6. The number of aliphatic hydroxyl groups is 2. The zero-order valence-electron chi connectivity index (χ0n) is 68.6. The molecule has 113 heavy (non-hydrogen) atoms. The Hall–Kier alpha value is -9.14. The average Bonchev–Trinajstić information content (AvgIpc) is 1.81. The highest BCUT2D eigenvalue weighted by Gasteiger charge is 2.43. The van der Waals surface area contributed by atoms with Crippen molar-refractivity contribution in [2.45, 2.75) is 266 Å². The van der Waals surface area contributed by atoms with Crippen molar-refractivity contribution in [3.8, 4) is 5.75 Å². The highest BCUT2D eigenvalue weighted by Crippen LogP contribution is 2.31. The number of primary amides is 1. The van der Waals surface area contributed by atoms with Crippen molar-refractivity contribution in [1.29, 1.82) is 0 Å². The summed E-state index contributed by atoms with van der Waals surface area (Å²) in [4.78, 5) is 204. The predicted molar refractivity (Wildman–Crippen MR) is 431 cm³/mol. The number of benzene rings is 3. The van der Waals surface area contributed by atoms with Crippen LogP contribution in [0.5, 0.6) is 5.75 Å². The number of nitrogens with one attached hydrogen (secondary N) is 6. The number of aliphatic carboxylic acids is 1. The number of hydrogen-bond acceptors (Lipinski definition) is 18. The van der Waals surface area contributed by atoms with Crippen LogP contribution in [0.1, 0.15) is 228 Å². The Labute approximate surface area is 666 Å². The number of phenols is 1. The second-order valence-corrected chi connectivity index (χ2v) is 32.3. The van der Waals surface area contributed by atoms with Gasteiger partial charge in [0.05, 0.1) is 53.6 Å². The number of carboxylic acids is 1. The van der Waals surface area contributed by atoms with Gasteiger partial charge in [0, 0.05) is 106 Å². The summed E-state index contributed by atoms with van der Waals surface area (Å²) in [5.41, 5.74) is 4.50. The van der Waals surface area contributed by atoms with Crippen molar-refractivity contribution in [3.63, 3.8) is 0 Å². The first-order valence-corrected chi connectivity index (χ1v) is 40.5. The molecule has 1 aliphatic rings. The number of carboxylic acid groups (broad SMARTS) is 1. The molecule has 0 radical (unpaired) electrons. The molecule has 26 heteroatoms. The summed E-state index contributed by atoms with van der Waals surface area (Å²) in [5, 5.41) is 57.3. The maximum Gasteiger partial charge on any atom is 0.303 e. The number of phenolic OH excluding ortho intramolecular Hbond substituents is 1. The van der Waals surface area contributed by atoms with Crippen molar-refractivity contribution < 1.29 is 87.5 Å². The third-order valence-electron chi connectivity index (χ3n) is 21.3. The lowest BCUT2D eigenvalue weighted by atomic mass is 9.80. The fourth-order valence-electron chi connectivity index (χ4n) is 14.6. The number of nitrogens with two attached hydrogens (primary N) is 1. The number of H-pyrrole nitrogens is 1. The van der Waals surface area contributed by atoms with Gasteiger partial charge in [-0.25, -0.2) is 0 Å². The number of aromatic hydroxyl groups is 1. The van der Waals surface area contributed by atoms with E-state index < -0.39 is 192 Å². The SMILES string of the molecule is CC.CC(=O)CCCC(=O)C[C@H](C(=O)N[C@@H](CO)C(=O)C[C@@H](Cc1ccccc1)C(=O)N[C@]1(C)CCCCCCCCCN(C)C[C@@](C)(C(N)=O)CC(=O)[C@H](CC(C)C)NC(=O)[C@H](CC(C)C)CC(=O)[C@H](C)NC(=O)[C@H](Cc2[nH]cc3ccccc23)CC(=O)[C@H](Cc2ccc(O)cc2)NC(=O)[C@H](CCC(=O)O)CC1=O)C(C)O. The van der Waals surface area contributed by atoms with Crippen molar-refractivity contribution in [2.75, 3.05) is 26.7 Å². The second kappa shape index (κ2) is 48.2. The molecule has 0 saturated carbocycles. The van der Waals surface area contributed by atoms with E-state index in [0.717, 1.165) is 30.0 Å². The van der Waals surface area contributed by atoms with E-state index in [1.54, 1.807) is 49.5 Å². The van der Waals surface area contributed by atoms with E-state index in [-0.39, 0.29) is 101 Å². The third-order valence-corrected chi connectivity index (χ3v) is 21.3. The molecule has 1 saturated heterocycles. The molecule has 1 aromatic heterocycles. The van der Waals surface area contributed by atoms with E-state index in [4.69, 9.17) is 5.73 Å². The molecule has 26 nitrogen and oxygen atoms in total. The molecule has 5 rings (SSSR count). The highest BCUT2D eigenvalue weighted by molar-refractivity contribution is 6.01. The van der Waals surface area contributed by atoms with Crippen molar-refractivity contribution in [3.05, 3.63) is 102 Å². The van der Waals surface area contributed by atoms with Crippen LogP contribution in [0, 0.1) is 46.8 Å². The predicted octanol–water partition coefficient (Wildman–Crippen LogP) is 9.25. The summed E-state index contributed by atoms with van der Waals surface area (Å²) in [5.74, 6) is -16.2. The van der Waals surface area contributed by atoms with Crippen LogP contribution in [0.15, 0.2) is 85.1 Å². The Balaban J connectivity index is 0.0000133. The number of fused-ring (bicyclic) bond motifs is 1. The molecule has 2 heterocycles. The minimum atomic E-state index is -1.84. The summed E-state index contributed by atoms with van der Waals surface area (Å²) in [6.07, 6.45) is 1.24. The Morgan fingerprint density at radius 2 is 1.25 bits per heavy atom. The maximum absolute atomic E-state index is 15.6. The van der Waals surface area contributed by atoms with E-state index in [1.165, 1.54) is 52.0 Å². The van der Waals surface area contributed by atoms with Crippen LogP contribution in [0.25, 0.3) is 10.8 Å². The molecule has 1 fully saturated rings. The van der Waals surface area contributed by atoms with Gasteiger partial charge in [-0.2, -0.15) is 0 Å². The maximum atomic E-state index is 15.6. The molecule has 1 aliphatic heterocycles. The molecule has 0 spiro atoms. The lowest BCUT2D eigenvalue weighted by Crippen LogP contribution is -2.56. The van der Waals surface area contributed by atoms with Crippen LogP contribution in [0.4, 0.5) is 0 Å². The van der Waals surface area contributed by atoms with Crippen LogP contribution in [0.2, 0.25) is 0 Å². The molecule has 12 atom stereocenters.